The summed E-state index contributed by atoms with van der Waals surface area (Å²) in [5, 5.41) is 10.6. The van der Waals surface area contributed by atoms with E-state index in [2.05, 4.69) is 30.2 Å². The van der Waals surface area contributed by atoms with Crippen molar-refractivity contribution in [3.8, 4) is 23.1 Å². The summed E-state index contributed by atoms with van der Waals surface area (Å²) >= 11 is 4.33. The fourth-order valence-corrected chi connectivity index (χ4v) is 2.97. The summed E-state index contributed by atoms with van der Waals surface area (Å²) in [5.41, 5.74) is 3.68. The number of methoxy groups -OCH3 is 1. The number of rotatable bonds is 3. The molecule has 0 spiro atoms. The topological polar surface area (TPSA) is 38.0 Å². The highest BCUT2D eigenvalue weighted by Crippen LogP contribution is 2.35. The lowest BCUT2D eigenvalue weighted by Crippen LogP contribution is -1.97. The summed E-state index contributed by atoms with van der Waals surface area (Å²) in [6.07, 6.45) is 0. The maximum absolute atomic E-state index is 9.66. The second-order valence-electron chi connectivity index (χ2n) is 5.01. The fraction of sp³-hybridized carbons (Fsp3) is 0.167. The second kappa shape index (κ2) is 5.78. The number of nitriles is 1. The maximum Gasteiger partial charge on any atom is 0.120 e. The summed E-state index contributed by atoms with van der Waals surface area (Å²) in [6.45, 7) is 2.86. The van der Waals surface area contributed by atoms with Crippen molar-refractivity contribution in [2.24, 2.45) is 0 Å². The molecule has 3 aromatic rings. The molecule has 0 aliphatic carbocycles. The van der Waals surface area contributed by atoms with Crippen LogP contribution >= 0.6 is 12.6 Å². The van der Waals surface area contributed by atoms with Crippen molar-refractivity contribution in [1.82, 2.24) is 4.57 Å². The van der Waals surface area contributed by atoms with Crippen molar-refractivity contribution < 1.29 is 4.74 Å². The summed E-state index contributed by atoms with van der Waals surface area (Å²) < 4.78 is 7.48. The molecule has 0 unspecified atom stereocenters. The third-order valence-corrected chi connectivity index (χ3v) is 4.14. The van der Waals surface area contributed by atoms with Crippen LogP contribution in [0.25, 0.3) is 22.2 Å². The predicted molar refractivity (Wildman–Crippen MR) is 91.6 cm³/mol. The minimum atomic E-state index is 0.700. The van der Waals surface area contributed by atoms with Gasteiger partial charge in [-0.25, -0.2) is 0 Å². The van der Waals surface area contributed by atoms with Crippen LogP contribution in [-0.2, 0) is 6.54 Å². The number of nitrogens with zero attached hydrogens (tertiary/aromatic N) is 2. The van der Waals surface area contributed by atoms with Crippen molar-refractivity contribution in [3.63, 3.8) is 0 Å². The van der Waals surface area contributed by atoms with E-state index in [1.807, 2.05) is 42.5 Å². The van der Waals surface area contributed by atoms with Gasteiger partial charge < -0.3 is 9.30 Å². The zero-order chi connectivity index (χ0) is 15.7. The minimum absolute atomic E-state index is 0.700. The maximum atomic E-state index is 9.66. The Labute approximate surface area is 135 Å². The molecule has 1 heterocycles. The highest BCUT2D eigenvalue weighted by Gasteiger charge is 2.18. The highest BCUT2D eigenvalue weighted by molar-refractivity contribution is 7.80. The molecule has 4 heteroatoms. The van der Waals surface area contributed by atoms with Gasteiger partial charge in [-0.1, -0.05) is 12.1 Å². The number of thiol groups is 1. The van der Waals surface area contributed by atoms with E-state index in [0.717, 1.165) is 39.4 Å². The predicted octanol–water partition coefficient (Wildman–Crippen LogP) is 4.50. The number of ether oxygens (including phenoxy) is 1. The van der Waals surface area contributed by atoms with E-state index in [1.165, 1.54) is 0 Å². The molecule has 3 nitrogen and oxygen atoms in total. The van der Waals surface area contributed by atoms with Crippen LogP contribution in [0.4, 0.5) is 0 Å². The van der Waals surface area contributed by atoms with Gasteiger partial charge in [0, 0.05) is 22.9 Å². The Hall–Kier alpha value is -2.38. The van der Waals surface area contributed by atoms with Crippen molar-refractivity contribution in [2.45, 2.75) is 18.4 Å². The van der Waals surface area contributed by atoms with Gasteiger partial charge in [-0.05, 0) is 36.8 Å². The van der Waals surface area contributed by atoms with Gasteiger partial charge >= 0.3 is 0 Å². The molecule has 0 radical (unpaired) electrons. The third-order valence-electron chi connectivity index (χ3n) is 3.84. The number of aromatic nitrogens is 1. The quantitative estimate of drug-likeness (QED) is 0.724. The molecule has 110 valence electrons. The molecular formula is C18H16N2OS. The molecule has 2 aromatic carbocycles. The van der Waals surface area contributed by atoms with Crippen LogP contribution in [0, 0.1) is 11.3 Å². The van der Waals surface area contributed by atoms with Gasteiger partial charge in [-0.3, -0.25) is 0 Å². The molecule has 0 amide bonds. The average molecular weight is 308 g/mol. The smallest absolute Gasteiger partial charge is 0.120 e. The van der Waals surface area contributed by atoms with E-state index in [1.54, 1.807) is 7.11 Å². The van der Waals surface area contributed by atoms with Crippen LogP contribution in [0.2, 0.25) is 0 Å². The lowest BCUT2D eigenvalue weighted by Gasteiger charge is -2.09. The summed E-state index contributed by atoms with van der Waals surface area (Å²) in [7, 11) is 1.65. The van der Waals surface area contributed by atoms with Gasteiger partial charge in [0.25, 0.3) is 0 Å². The number of benzene rings is 2. The molecule has 1 aromatic heterocycles. The SMILES string of the molecule is CCn1c(-c2ccc(S)cc2)c(C#N)c2ccc(OC)cc21. The Morgan fingerprint density at radius 3 is 2.50 bits per heavy atom. The number of hydrogen-bond acceptors (Lipinski definition) is 3. The molecule has 0 fully saturated rings. The first-order valence-corrected chi connectivity index (χ1v) is 7.54. The Kier molecular flexibility index (Phi) is 3.82. The molecule has 22 heavy (non-hydrogen) atoms. The lowest BCUT2D eigenvalue weighted by molar-refractivity contribution is 0.415. The van der Waals surface area contributed by atoms with Crippen molar-refractivity contribution >= 4 is 23.5 Å². The molecular weight excluding hydrogens is 292 g/mol. The van der Waals surface area contributed by atoms with E-state index < -0.39 is 0 Å². The molecule has 0 N–H and O–H groups in total. The normalized spacial score (nSPS) is 10.6. The van der Waals surface area contributed by atoms with Crippen LogP contribution in [-0.4, -0.2) is 11.7 Å². The first kappa shape index (κ1) is 14.6. The summed E-state index contributed by atoms with van der Waals surface area (Å²) in [5.74, 6) is 0.793. The monoisotopic (exact) mass is 308 g/mol. The van der Waals surface area contributed by atoms with Gasteiger partial charge in [0.2, 0.25) is 0 Å². The van der Waals surface area contributed by atoms with Crippen LogP contribution in [0.1, 0.15) is 12.5 Å². The molecule has 0 atom stereocenters. The van der Waals surface area contributed by atoms with E-state index in [-0.39, 0.29) is 0 Å². The van der Waals surface area contributed by atoms with Crippen LogP contribution in [0.3, 0.4) is 0 Å². The van der Waals surface area contributed by atoms with E-state index in [4.69, 9.17) is 4.74 Å². The first-order valence-electron chi connectivity index (χ1n) is 7.09. The van der Waals surface area contributed by atoms with Gasteiger partial charge in [-0.2, -0.15) is 5.26 Å². The van der Waals surface area contributed by atoms with Gasteiger partial charge in [-0.15, -0.1) is 12.6 Å². The largest absolute Gasteiger partial charge is 0.497 e. The van der Waals surface area contributed by atoms with Crippen molar-refractivity contribution in [1.29, 1.82) is 5.26 Å². The Balaban J connectivity index is 2.37. The number of fused-ring (bicyclic) bond motifs is 1. The number of aryl methyl sites for hydroxylation is 1. The molecule has 3 rings (SSSR count). The van der Waals surface area contributed by atoms with Crippen molar-refractivity contribution in [3.05, 3.63) is 48.0 Å². The fourth-order valence-electron chi connectivity index (χ4n) is 2.82. The van der Waals surface area contributed by atoms with E-state index in [0.29, 0.717) is 5.56 Å². The van der Waals surface area contributed by atoms with Crippen LogP contribution in [0.15, 0.2) is 47.4 Å². The lowest BCUT2D eigenvalue weighted by atomic mass is 10.1. The van der Waals surface area contributed by atoms with Crippen LogP contribution < -0.4 is 4.74 Å². The van der Waals surface area contributed by atoms with Crippen LogP contribution in [0.5, 0.6) is 5.75 Å². The first-order chi connectivity index (χ1) is 10.7. The van der Waals surface area contributed by atoms with Gasteiger partial charge in [0.05, 0.1) is 23.9 Å². The molecule has 0 bridgehead atoms. The van der Waals surface area contributed by atoms with Gasteiger partial charge in [0.15, 0.2) is 0 Å². The summed E-state index contributed by atoms with van der Waals surface area (Å²) in [6, 6.07) is 16.1. The highest BCUT2D eigenvalue weighted by atomic mass is 32.1. The van der Waals surface area contributed by atoms with Crippen molar-refractivity contribution in [2.75, 3.05) is 7.11 Å². The molecule has 0 saturated carbocycles. The molecule has 0 saturated heterocycles. The zero-order valence-corrected chi connectivity index (χ0v) is 13.4. The summed E-state index contributed by atoms with van der Waals surface area (Å²) in [4.78, 5) is 0.906. The second-order valence-corrected chi connectivity index (χ2v) is 5.53. The Morgan fingerprint density at radius 1 is 1.18 bits per heavy atom. The molecule has 0 aliphatic rings. The van der Waals surface area contributed by atoms with E-state index >= 15 is 0 Å². The Morgan fingerprint density at radius 2 is 1.91 bits per heavy atom. The van der Waals surface area contributed by atoms with Gasteiger partial charge in [0.1, 0.15) is 11.8 Å². The van der Waals surface area contributed by atoms with E-state index in [9.17, 15) is 5.26 Å². The standard InChI is InChI=1S/C18H16N2OS/c1-3-20-17-10-13(21-2)6-9-15(17)16(11-19)18(20)12-4-7-14(22)8-5-12/h4-10,22H,3H2,1-2H3. The minimum Gasteiger partial charge on any atom is -0.497 e. The number of hydrogen-bond donors (Lipinski definition) is 1. The third kappa shape index (κ3) is 2.24. The average Bonchev–Trinajstić information content (AvgIpc) is 2.87. The molecule has 0 aliphatic heterocycles. The Bertz CT molecular complexity index is 873. The zero-order valence-electron chi connectivity index (χ0n) is 12.5.